The molecule has 0 saturated heterocycles. The molecule has 0 spiro atoms. The Kier molecular flexibility index (Phi) is 5.99. The van der Waals surface area contributed by atoms with Gasteiger partial charge in [0.1, 0.15) is 5.75 Å². The van der Waals surface area contributed by atoms with Gasteiger partial charge in [-0.3, -0.25) is 4.79 Å². The summed E-state index contributed by atoms with van der Waals surface area (Å²) in [6.07, 6.45) is 1.52. The zero-order chi connectivity index (χ0) is 13.5. The fraction of sp³-hybridized carbons (Fsp3) is 0.500. The Morgan fingerprint density at radius 3 is 2.89 bits per heavy atom. The van der Waals surface area contributed by atoms with Gasteiger partial charge in [0.2, 0.25) is 0 Å². The molecule has 0 aliphatic carbocycles. The minimum absolute atomic E-state index is 0.0946. The molecule has 0 fully saturated rings. The standard InChI is InChI=1S/C14H20ClNO2/c1-4-5-8-16-14(17)11(3)18-13-9-12(15)7-6-10(13)2/h6-7,9,11H,4-5,8H2,1-3H3,(H,16,17). The molecule has 100 valence electrons. The van der Waals surface area contributed by atoms with Crippen molar-refractivity contribution in [1.29, 1.82) is 0 Å². The smallest absolute Gasteiger partial charge is 0.260 e. The van der Waals surface area contributed by atoms with E-state index in [4.69, 9.17) is 16.3 Å². The summed E-state index contributed by atoms with van der Waals surface area (Å²) in [5.41, 5.74) is 0.965. The number of ether oxygens (including phenoxy) is 1. The molecular weight excluding hydrogens is 250 g/mol. The highest BCUT2D eigenvalue weighted by Gasteiger charge is 2.15. The summed E-state index contributed by atoms with van der Waals surface area (Å²) in [6, 6.07) is 5.40. The van der Waals surface area contributed by atoms with Crippen LogP contribution in [0.1, 0.15) is 32.3 Å². The highest BCUT2D eigenvalue weighted by atomic mass is 35.5. The van der Waals surface area contributed by atoms with Gasteiger partial charge in [-0.1, -0.05) is 31.0 Å². The Labute approximate surface area is 113 Å². The average Bonchev–Trinajstić information content (AvgIpc) is 2.34. The first-order valence-electron chi connectivity index (χ1n) is 6.25. The molecule has 0 bridgehead atoms. The molecule has 1 aromatic rings. The Hall–Kier alpha value is -1.22. The van der Waals surface area contributed by atoms with Crippen molar-refractivity contribution in [2.45, 2.75) is 39.7 Å². The van der Waals surface area contributed by atoms with Gasteiger partial charge in [0, 0.05) is 11.6 Å². The lowest BCUT2D eigenvalue weighted by Gasteiger charge is -2.16. The summed E-state index contributed by atoms with van der Waals surface area (Å²) in [6.45, 7) is 6.44. The normalized spacial score (nSPS) is 12.0. The SMILES string of the molecule is CCCCNC(=O)C(C)Oc1cc(Cl)ccc1C. The molecule has 0 saturated carbocycles. The second-order valence-corrected chi connectivity index (χ2v) is 4.75. The number of benzene rings is 1. The minimum atomic E-state index is -0.515. The first-order valence-corrected chi connectivity index (χ1v) is 6.63. The largest absolute Gasteiger partial charge is 0.481 e. The van der Waals surface area contributed by atoms with E-state index in [1.807, 2.05) is 13.0 Å². The van der Waals surface area contributed by atoms with Crippen LogP contribution in [0, 0.1) is 6.92 Å². The van der Waals surface area contributed by atoms with Crippen molar-refractivity contribution in [3.63, 3.8) is 0 Å². The lowest BCUT2D eigenvalue weighted by atomic mass is 10.2. The number of nitrogens with one attached hydrogen (secondary N) is 1. The van der Waals surface area contributed by atoms with E-state index in [-0.39, 0.29) is 5.91 Å². The first-order chi connectivity index (χ1) is 8.54. The molecule has 1 amide bonds. The first kappa shape index (κ1) is 14.8. The van der Waals surface area contributed by atoms with Crippen molar-refractivity contribution >= 4 is 17.5 Å². The predicted octanol–water partition coefficient (Wildman–Crippen LogP) is 3.33. The summed E-state index contributed by atoms with van der Waals surface area (Å²) in [5.74, 6) is 0.559. The van der Waals surface area contributed by atoms with Gasteiger partial charge in [-0.05, 0) is 38.0 Å². The average molecular weight is 270 g/mol. The van der Waals surface area contributed by atoms with E-state index in [0.717, 1.165) is 18.4 Å². The van der Waals surface area contributed by atoms with E-state index in [0.29, 0.717) is 17.3 Å². The van der Waals surface area contributed by atoms with Gasteiger partial charge in [-0.25, -0.2) is 0 Å². The van der Waals surface area contributed by atoms with Gasteiger partial charge >= 0.3 is 0 Å². The van der Waals surface area contributed by atoms with E-state index >= 15 is 0 Å². The number of halogens is 1. The summed E-state index contributed by atoms with van der Waals surface area (Å²) in [4.78, 5) is 11.7. The number of carbonyl (C=O) groups is 1. The molecule has 0 aromatic heterocycles. The summed E-state index contributed by atoms with van der Waals surface area (Å²) in [7, 11) is 0. The summed E-state index contributed by atoms with van der Waals surface area (Å²) < 4.78 is 5.62. The van der Waals surface area contributed by atoms with Crippen molar-refractivity contribution in [1.82, 2.24) is 5.32 Å². The van der Waals surface area contributed by atoms with Crippen LogP contribution in [0.4, 0.5) is 0 Å². The molecule has 3 nitrogen and oxygen atoms in total. The van der Waals surface area contributed by atoms with Crippen LogP contribution < -0.4 is 10.1 Å². The van der Waals surface area contributed by atoms with Crippen LogP contribution in [-0.2, 0) is 4.79 Å². The van der Waals surface area contributed by atoms with E-state index < -0.39 is 6.10 Å². The molecule has 0 aliphatic rings. The van der Waals surface area contributed by atoms with Crippen LogP contribution in [0.15, 0.2) is 18.2 Å². The zero-order valence-corrected chi connectivity index (χ0v) is 11.9. The Balaban J connectivity index is 2.55. The highest BCUT2D eigenvalue weighted by molar-refractivity contribution is 6.30. The third-order valence-corrected chi connectivity index (χ3v) is 2.89. The van der Waals surface area contributed by atoms with Crippen LogP contribution in [0.25, 0.3) is 0 Å². The maximum absolute atomic E-state index is 11.7. The van der Waals surface area contributed by atoms with Crippen LogP contribution in [-0.4, -0.2) is 18.6 Å². The van der Waals surface area contributed by atoms with Crippen molar-refractivity contribution in [3.05, 3.63) is 28.8 Å². The fourth-order valence-electron chi connectivity index (χ4n) is 1.48. The molecule has 0 aliphatic heterocycles. The Bertz CT molecular complexity index is 407. The number of hydrogen-bond acceptors (Lipinski definition) is 2. The molecular formula is C14H20ClNO2. The molecule has 18 heavy (non-hydrogen) atoms. The summed E-state index contributed by atoms with van der Waals surface area (Å²) >= 11 is 5.90. The monoisotopic (exact) mass is 269 g/mol. The maximum Gasteiger partial charge on any atom is 0.260 e. The van der Waals surface area contributed by atoms with Crippen LogP contribution in [0.2, 0.25) is 5.02 Å². The van der Waals surface area contributed by atoms with Crippen molar-refractivity contribution in [2.75, 3.05) is 6.54 Å². The third kappa shape index (κ3) is 4.57. The van der Waals surface area contributed by atoms with Crippen LogP contribution in [0.3, 0.4) is 0 Å². The van der Waals surface area contributed by atoms with Gasteiger partial charge in [-0.15, -0.1) is 0 Å². The lowest BCUT2D eigenvalue weighted by molar-refractivity contribution is -0.127. The fourth-order valence-corrected chi connectivity index (χ4v) is 1.64. The summed E-state index contributed by atoms with van der Waals surface area (Å²) in [5, 5.41) is 3.45. The topological polar surface area (TPSA) is 38.3 Å². The predicted molar refractivity (Wildman–Crippen MR) is 74.2 cm³/mol. The van der Waals surface area contributed by atoms with Crippen LogP contribution in [0.5, 0.6) is 5.75 Å². The molecule has 0 heterocycles. The third-order valence-electron chi connectivity index (χ3n) is 2.65. The van der Waals surface area contributed by atoms with Gasteiger partial charge < -0.3 is 10.1 Å². The Morgan fingerprint density at radius 1 is 1.50 bits per heavy atom. The van der Waals surface area contributed by atoms with E-state index in [1.165, 1.54) is 0 Å². The number of rotatable bonds is 6. The van der Waals surface area contributed by atoms with Crippen molar-refractivity contribution in [3.8, 4) is 5.75 Å². The van der Waals surface area contributed by atoms with Crippen molar-refractivity contribution in [2.24, 2.45) is 0 Å². The quantitative estimate of drug-likeness (QED) is 0.805. The number of aryl methyl sites for hydroxylation is 1. The highest BCUT2D eigenvalue weighted by Crippen LogP contribution is 2.23. The lowest BCUT2D eigenvalue weighted by Crippen LogP contribution is -2.36. The maximum atomic E-state index is 11.7. The number of hydrogen-bond donors (Lipinski definition) is 1. The second-order valence-electron chi connectivity index (χ2n) is 4.31. The number of unbranched alkanes of at least 4 members (excludes halogenated alkanes) is 1. The minimum Gasteiger partial charge on any atom is -0.481 e. The Morgan fingerprint density at radius 2 is 2.22 bits per heavy atom. The van der Waals surface area contributed by atoms with Gasteiger partial charge in [0.05, 0.1) is 0 Å². The van der Waals surface area contributed by atoms with E-state index in [1.54, 1.807) is 19.1 Å². The molecule has 1 unspecified atom stereocenters. The molecule has 1 aromatic carbocycles. The zero-order valence-electron chi connectivity index (χ0n) is 11.1. The molecule has 1 N–H and O–H groups in total. The van der Waals surface area contributed by atoms with Gasteiger partial charge in [-0.2, -0.15) is 0 Å². The van der Waals surface area contributed by atoms with Crippen LogP contribution >= 0.6 is 11.6 Å². The number of amides is 1. The second kappa shape index (κ2) is 7.27. The molecule has 1 atom stereocenters. The molecule has 0 radical (unpaired) electrons. The van der Waals surface area contributed by atoms with E-state index in [9.17, 15) is 4.79 Å². The molecule has 1 rings (SSSR count). The van der Waals surface area contributed by atoms with Gasteiger partial charge in [0.15, 0.2) is 6.10 Å². The molecule has 4 heteroatoms. The van der Waals surface area contributed by atoms with E-state index in [2.05, 4.69) is 12.2 Å². The van der Waals surface area contributed by atoms with Gasteiger partial charge in [0.25, 0.3) is 5.91 Å². The number of carbonyl (C=O) groups excluding carboxylic acids is 1. The van der Waals surface area contributed by atoms with Crippen molar-refractivity contribution < 1.29 is 9.53 Å².